The van der Waals surface area contributed by atoms with Crippen molar-refractivity contribution in [3.63, 3.8) is 0 Å². The monoisotopic (exact) mass is 263 g/mol. The van der Waals surface area contributed by atoms with Crippen LogP contribution >= 0.6 is 0 Å². The Morgan fingerprint density at radius 3 is 2.53 bits per heavy atom. The molecule has 0 bridgehead atoms. The molecule has 0 spiro atoms. The summed E-state index contributed by atoms with van der Waals surface area (Å²) in [6.45, 7) is 4.48. The van der Waals surface area contributed by atoms with E-state index in [1.165, 1.54) is 18.2 Å². The third-order valence-corrected chi connectivity index (χ3v) is 3.19. The fraction of sp³-hybridized carbons (Fsp3) is 0.429. The normalized spacial score (nSPS) is 12.1. The summed E-state index contributed by atoms with van der Waals surface area (Å²) in [5.41, 5.74) is 2.36. The molecule has 1 aromatic carbocycles. The van der Waals surface area contributed by atoms with Gasteiger partial charge in [0.1, 0.15) is 0 Å². The van der Waals surface area contributed by atoms with Gasteiger partial charge in [0.25, 0.3) is 0 Å². The van der Waals surface area contributed by atoms with E-state index >= 15 is 0 Å². The summed E-state index contributed by atoms with van der Waals surface area (Å²) in [6.07, 6.45) is 0. The predicted octanol–water partition coefficient (Wildman–Crippen LogP) is 1.27. The Morgan fingerprint density at radius 2 is 1.95 bits per heavy atom. The number of carbonyl (C=O) groups is 2. The molecule has 0 fully saturated rings. The molecule has 2 N–H and O–H groups in total. The van der Waals surface area contributed by atoms with Crippen molar-refractivity contribution >= 4 is 11.9 Å². The number of imide groups is 1. The molecule has 1 aromatic rings. The van der Waals surface area contributed by atoms with Crippen LogP contribution in [0.3, 0.4) is 0 Å². The Morgan fingerprint density at radius 1 is 1.32 bits per heavy atom. The topological polar surface area (TPSA) is 61.4 Å². The van der Waals surface area contributed by atoms with Gasteiger partial charge in [0, 0.05) is 13.6 Å². The Bertz CT molecular complexity index is 460. The predicted molar refractivity (Wildman–Crippen MR) is 74.7 cm³/mol. The van der Waals surface area contributed by atoms with Crippen LogP contribution in [0, 0.1) is 6.92 Å². The number of likely N-dealkylation sites (N-methyl/N-ethyl adjacent to an activating group) is 1. The summed E-state index contributed by atoms with van der Waals surface area (Å²) in [5, 5.41) is 4.64. The van der Waals surface area contributed by atoms with Gasteiger partial charge in [-0.05, 0) is 32.0 Å². The Kier molecular flexibility index (Phi) is 5.51. The smallest absolute Gasteiger partial charge is 0.321 e. The van der Waals surface area contributed by atoms with E-state index in [0.29, 0.717) is 6.54 Å². The number of carbonyl (C=O) groups excluding carboxylic acids is 2. The van der Waals surface area contributed by atoms with Gasteiger partial charge in [0.2, 0.25) is 5.91 Å². The number of nitrogens with one attached hydrogen (secondary N) is 2. The molecule has 0 saturated heterocycles. The molecule has 0 heterocycles. The van der Waals surface area contributed by atoms with Crippen LogP contribution in [0.25, 0.3) is 0 Å². The third kappa shape index (κ3) is 4.37. The van der Waals surface area contributed by atoms with Crippen molar-refractivity contribution in [2.45, 2.75) is 26.4 Å². The van der Waals surface area contributed by atoms with Crippen molar-refractivity contribution in [3.05, 3.63) is 35.4 Å². The SMILES string of the molecule is CNC(=O)NC(=O)[C@@H](C)N(C)Cc1ccccc1C. The largest absolute Gasteiger partial charge is 0.341 e. The molecular weight excluding hydrogens is 242 g/mol. The Balaban J connectivity index is 2.62. The first kappa shape index (κ1) is 15.2. The van der Waals surface area contributed by atoms with Crippen molar-refractivity contribution in [1.82, 2.24) is 15.5 Å². The molecule has 0 aliphatic carbocycles. The highest BCUT2D eigenvalue weighted by Crippen LogP contribution is 2.11. The van der Waals surface area contributed by atoms with Crippen molar-refractivity contribution in [2.24, 2.45) is 0 Å². The first-order valence-electron chi connectivity index (χ1n) is 6.23. The molecule has 0 aromatic heterocycles. The summed E-state index contributed by atoms with van der Waals surface area (Å²) in [5.74, 6) is -0.310. The highest BCUT2D eigenvalue weighted by Gasteiger charge is 2.19. The van der Waals surface area contributed by atoms with E-state index in [9.17, 15) is 9.59 Å². The molecule has 0 aliphatic heterocycles. The van der Waals surface area contributed by atoms with Gasteiger partial charge in [-0.25, -0.2) is 4.79 Å². The maximum Gasteiger partial charge on any atom is 0.321 e. The van der Waals surface area contributed by atoms with E-state index in [4.69, 9.17) is 0 Å². The lowest BCUT2D eigenvalue weighted by atomic mass is 10.1. The second-order valence-electron chi connectivity index (χ2n) is 4.59. The molecule has 104 valence electrons. The molecule has 5 nitrogen and oxygen atoms in total. The highest BCUT2D eigenvalue weighted by atomic mass is 16.2. The maximum atomic E-state index is 11.8. The lowest BCUT2D eigenvalue weighted by Crippen LogP contribution is -2.47. The summed E-state index contributed by atoms with van der Waals surface area (Å²) >= 11 is 0. The van der Waals surface area contributed by atoms with Crippen LogP contribution in [0.5, 0.6) is 0 Å². The lowest BCUT2D eigenvalue weighted by Gasteiger charge is -2.24. The average Bonchev–Trinajstić information content (AvgIpc) is 2.40. The molecule has 1 rings (SSSR count). The molecule has 0 radical (unpaired) electrons. The second kappa shape index (κ2) is 6.89. The van der Waals surface area contributed by atoms with E-state index in [0.717, 1.165) is 0 Å². The van der Waals surface area contributed by atoms with E-state index in [-0.39, 0.29) is 11.9 Å². The van der Waals surface area contributed by atoms with Crippen LogP contribution in [-0.4, -0.2) is 37.0 Å². The van der Waals surface area contributed by atoms with Gasteiger partial charge < -0.3 is 5.32 Å². The quantitative estimate of drug-likeness (QED) is 0.860. The van der Waals surface area contributed by atoms with Crippen LogP contribution in [0.2, 0.25) is 0 Å². The minimum Gasteiger partial charge on any atom is -0.341 e. The van der Waals surface area contributed by atoms with Crippen LogP contribution < -0.4 is 10.6 Å². The molecule has 0 unspecified atom stereocenters. The highest BCUT2D eigenvalue weighted by molar-refractivity contribution is 5.96. The minimum absolute atomic E-state index is 0.310. The molecule has 0 aliphatic rings. The molecule has 5 heteroatoms. The Hall–Kier alpha value is -1.88. The molecule has 0 saturated carbocycles. The van der Waals surface area contributed by atoms with E-state index in [1.807, 2.05) is 43.1 Å². The maximum absolute atomic E-state index is 11.8. The van der Waals surface area contributed by atoms with Crippen LogP contribution in [-0.2, 0) is 11.3 Å². The number of urea groups is 1. The van der Waals surface area contributed by atoms with Gasteiger partial charge in [-0.1, -0.05) is 24.3 Å². The summed E-state index contributed by atoms with van der Waals surface area (Å²) in [4.78, 5) is 24.8. The Labute approximate surface area is 114 Å². The number of benzene rings is 1. The van der Waals surface area contributed by atoms with Gasteiger partial charge >= 0.3 is 6.03 Å². The lowest BCUT2D eigenvalue weighted by molar-refractivity contribution is -0.124. The van der Waals surface area contributed by atoms with Crippen LogP contribution in [0.4, 0.5) is 4.79 Å². The molecular formula is C14H21N3O2. The van der Waals surface area contributed by atoms with Crippen molar-refractivity contribution < 1.29 is 9.59 Å². The van der Waals surface area contributed by atoms with Crippen LogP contribution in [0.1, 0.15) is 18.1 Å². The number of amides is 3. The molecule has 19 heavy (non-hydrogen) atoms. The standard InChI is InChI=1S/C14H21N3O2/c1-10-7-5-6-8-12(10)9-17(4)11(2)13(18)16-14(19)15-3/h5-8,11H,9H2,1-4H3,(H2,15,16,18,19)/t11-/m1/s1. The van der Waals surface area contributed by atoms with Gasteiger partial charge in [-0.3, -0.25) is 15.0 Å². The summed E-state index contributed by atoms with van der Waals surface area (Å²) in [7, 11) is 3.34. The second-order valence-corrected chi connectivity index (χ2v) is 4.59. The zero-order valence-electron chi connectivity index (χ0n) is 11.9. The van der Waals surface area contributed by atoms with Gasteiger partial charge in [0.15, 0.2) is 0 Å². The van der Waals surface area contributed by atoms with E-state index in [2.05, 4.69) is 10.6 Å². The van der Waals surface area contributed by atoms with Gasteiger partial charge in [0.05, 0.1) is 6.04 Å². The zero-order valence-corrected chi connectivity index (χ0v) is 11.9. The van der Waals surface area contributed by atoms with Gasteiger partial charge in [-0.2, -0.15) is 0 Å². The fourth-order valence-corrected chi connectivity index (χ4v) is 1.67. The first-order chi connectivity index (χ1) is 8.95. The number of nitrogens with zero attached hydrogens (tertiary/aromatic N) is 1. The number of aryl methyl sites for hydroxylation is 1. The van der Waals surface area contributed by atoms with Crippen LogP contribution in [0.15, 0.2) is 24.3 Å². The van der Waals surface area contributed by atoms with Crippen molar-refractivity contribution in [1.29, 1.82) is 0 Å². The number of hydrogen-bond donors (Lipinski definition) is 2. The minimum atomic E-state index is -0.485. The number of rotatable bonds is 4. The van der Waals surface area contributed by atoms with E-state index in [1.54, 1.807) is 6.92 Å². The summed E-state index contributed by atoms with van der Waals surface area (Å²) < 4.78 is 0. The first-order valence-corrected chi connectivity index (χ1v) is 6.23. The summed E-state index contributed by atoms with van der Waals surface area (Å²) in [6, 6.07) is 7.18. The van der Waals surface area contributed by atoms with Gasteiger partial charge in [-0.15, -0.1) is 0 Å². The molecule has 3 amide bonds. The van der Waals surface area contributed by atoms with Crippen molar-refractivity contribution in [3.8, 4) is 0 Å². The van der Waals surface area contributed by atoms with E-state index < -0.39 is 6.03 Å². The fourth-order valence-electron chi connectivity index (χ4n) is 1.67. The van der Waals surface area contributed by atoms with Crippen molar-refractivity contribution in [2.75, 3.05) is 14.1 Å². The third-order valence-electron chi connectivity index (χ3n) is 3.19. The average molecular weight is 263 g/mol. The number of hydrogen-bond acceptors (Lipinski definition) is 3. The zero-order chi connectivity index (χ0) is 14.4. The molecule has 1 atom stereocenters.